The molecule has 1 unspecified atom stereocenters. The number of aromatic nitrogens is 2. The van der Waals surface area contributed by atoms with Crippen molar-refractivity contribution < 1.29 is 9.53 Å². The molecule has 0 radical (unpaired) electrons. The molecule has 0 aliphatic carbocycles. The van der Waals surface area contributed by atoms with E-state index in [1.165, 1.54) is 10.1 Å². The van der Waals surface area contributed by atoms with Gasteiger partial charge in [-0.15, -0.1) is 0 Å². The van der Waals surface area contributed by atoms with Gasteiger partial charge in [0, 0.05) is 20.3 Å². The number of benzene rings is 1. The van der Waals surface area contributed by atoms with E-state index in [4.69, 9.17) is 0 Å². The number of hydrogen-bond acceptors (Lipinski definition) is 5. The molecule has 1 aliphatic rings. The highest BCUT2D eigenvalue weighted by Crippen LogP contribution is 2.22. The zero-order valence-corrected chi connectivity index (χ0v) is 15.7. The Morgan fingerprint density at radius 1 is 1.31 bits per heavy atom. The lowest BCUT2D eigenvalue weighted by Crippen LogP contribution is -2.36. The summed E-state index contributed by atoms with van der Waals surface area (Å²) in [5, 5.41) is 3.35. The van der Waals surface area contributed by atoms with Crippen molar-refractivity contribution in [2.24, 2.45) is 0 Å². The average Bonchev–Trinajstić information content (AvgIpc) is 2.65. The maximum atomic E-state index is 12.5. The van der Waals surface area contributed by atoms with Crippen molar-refractivity contribution in [3.8, 4) is 0 Å². The monoisotopic (exact) mass is 357 g/mol. The number of nitrogens with one attached hydrogen (secondary N) is 1. The Morgan fingerprint density at radius 2 is 2.00 bits per heavy atom. The second-order valence-electron chi connectivity index (χ2n) is 6.38. The number of aldehydes is 1. The first-order valence-electron chi connectivity index (χ1n) is 8.85. The van der Waals surface area contributed by atoms with E-state index in [-0.39, 0.29) is 18.1 Å². The van der Waals surface area contributed by atoms with E-state index in [9.17, 15) is 9.59 Å². The molecule has 0 amide bonds. The summed E-state index contributed by atoms with van der Waals surface area (Å²) in [7, 11) is 3.25. The molecular formula is C20H27N3O3. The first-order valence-corrected chi connectivity index (χ1v) is 8.85. The lowest BCUT2D eigenvalue weighted by Gasteiger charge is -2.27. The predicted octanol–water partition coefficient (Wildman–Crippen LogP) is 2.37. The van der Waals surface area contributed by atoms with Crippen molar-refractivity contribution in [1.29, 1.82) is 0 Å². The molecular weight excluding hydrogens is 330 g/mol. The molecule has 0 bridgehead atoms. The summed E-state index contributed by atoms with van der Waals surface area (Å²) in [6.07, 6.45) is 4.47. The summed E-state index contributed by atoms with van der Waals surface area (Å²) in [6.45, 7) is 1.83. The highest BCUT2D eigenvalue weighted by atomic mass is 16.4. The maximum absolute atomic E-state index is 12.5. The van der Waals surface area contributed by atoms with E-state index in [1.54, 1.807) is 21.1 Å². The quantitative estimate of drug-likeness (QED) is 0.832. The van der Waals surface area contributed by atoms with Gasteiger partial charge in [-0.05, 0) is 38.2 Å². The fraction of sp³-hybridized carbons (Fsp3) is 0.450. The Morgan fingerprint density at radius 3 is 2.65 bits per heavy atom. The highest BCUT2D eigenvalue weighted by molar-refractivity contribution is 5.53. The van der Waals surface area contributed by atoms with Crippen LogP contribution in [-0.4, -0.2) is 36.1 Å². The van der Waals surface area contributed by atoms with Crippen molar-refractivity contribution in [3.05, 3.63) is 57.8 Å². The number of nitrogens with zero attached hydrogens (tertiary/aromatic N) is 2. The number of hydrogen-bond donors (Lipinski definition) is 1. The summed E-state index contributed by atoms with van der Waals surface area (Å²) in [5.74, 6) is 0.602. The normalized spacial score (nSPS) is 15.3. The SMILES string of the molecule is COC.Cc1nc2c(c(=O)n1CC=O)NC(CCc1ccccc1)CC2. The van der Waals surface area contributed by atoms with Gasteiger partial charge in [0.1, 0.15) is 17.8 Å². The topological polar surface area (TPSA) is 73.2 Å². The van der Waals surface area contributed by atoms with E-state index in [0.717, 1.165) is 37.7 Å². The molecule has 3 rings (SSSR count). The lowest BCUT2D eigenvalue weighted by atomic mass is 9.97. The fourth-order valence-corrected chi connectivity index (χ4v) is 3.12. The number of ether oxygens (including phenoxy) is 1. The Bertz CT molecular complexity index is 772. The molecule has 0 spiro atoms. The van der Waals surface area contributed by atoms with Crippen LogP contribution in [0.5, 0.6) is 0 Å². The van der Waals surface area contributed by atoms with Crippen LogP contribution in [0.2, 0.25) is 0 Å². The molecule has 140 valence electrons. The van der Waals surface area contributed by atoms with Gasteiger partial charge in [-0.25, -0.2) is 4.98 Å². The van der Waals surface area contributed by atoms with Crippen LogP contribution >= 0.6 is 0 Å². The molecule has 2 aromatic rings. The average molecular weight is 357 g/mol. The number of methoxy groups -OCH3 is 1. The van der Waals surface area contributed by atoms with Crippen LogP contribution in [0.25, 0.3) is 0 Å². The number of carbonyl (C=O) groups excluding carboxylic acids is 1. The van der Waals surface area contributed by atoms with Gasteiger partial charge in [-0.3, -0.25) is 9.36 Å². The number of aryl methyl sites for hydroxylation is 3. The first-order chi connectivity index (χ1) is 12.6. The first kappa shape index (κ1) is 19.8. The van der Waals surface area contributed by atoms with E-state index < -0.39 is 0 Å². The van der Waals surface area contributed by atoms with Crippen molar-refractivity contribution in [2.75, 3.05) is 19.5 Å². The van der Waals surface area contributed by atoms with Crippen LogP contribution in [0.15, 0.2) is 35.1 Å². The predicted molar refractivity (Wildman–Crippen MR) is 103 cm³/mol. The van der Waals surface area contributed by atoms with Gasteiger partial charge >= 0.3 is 0 Å². The summed E-state index contributed by atoms with van der Waals surface area (Å²) in [4.78, 5) is 27.8. The van der Waals surface area contributed by atoms with Crippen LogP contribution in [0, 0.1) is 6.92 Å². The van der Waals surface area contributed by atoms with Crippen molar-refractivity contribution >= 4 is 12.0 Å². The van der Waals surface area contributed by atoms with Gasteiger partial charge in [0.25, 0.3) is 5.56 Å². The minimum Gasteiger partial charge on any atom is -0.388 e. The van der Waals surface area contributed by atoms with Crippen LogP contribution in [0.1, 0.15) is 29.9 Å². The minimum atomic E-state index is -0.135. The molecule has 1 aromatic heterocycles. The van der Waals surface area contributed by atoms with Crippen LogP contribution in [0.3, 0.4) is 0 Å². The van der Waals surface area contributed by atoms with E-state index in [2.05, 4.69) is 27.2 Å². The maximum Gasteiger partial charge on any atom is 0.277 e. The number of rotatable bonds is 5. The Balaban J connectivity index is 0.000000758. The third kappa shape index (κ3) is 5.02. The summed E-state index contributed by atoms with van der Waals surface area (Å²) < 4.78 is 5.68. The zero-order chi connectivity index (χ0) is 18.9. The second kappa shape index (κ2) is 9.87. The summed E-state index contributed by atoms with van der Waals surface area (Å²) in [6, 6.07) is 10.6. The van der Waals surface area contributed by atoms with E-state index >= 15 is 0 Å². The number of fused-ring (bicyclic) bond motifs is 1. The molecule has 26 heavy (non-hydrogen) atoms. The number of anilines is 1. The third-order valence-corrected chi connectivity index (χ3v) is 4.39. The molecule has 6 heteroatoms. The van der Waals surface area contributed by atoms with Gasteiger partial charge in [0.05, 0.1) is 12.2 Å². The second-order valence-corrected chi connectivity index (χ2v) is 6.38. The Kier molecular flexibility index (Phi) is 7.53. The van der Waals surface area contributed by atoms with Crippen LogP contribution in [0.4, 0.5) is 5.69 Å². The zero-order valence-electron chi connectivity index (χ0n) is 15.7. The van der Waals surface area contributed by atoms with E-state index in [1.807, 2.05) is 18.2 Å². The molecule has 1 aliphatic heterocycles. The molecule has 1 aromatic carbocycles. The summed E-state index contributed by atoms with van der Waals surface area (Å²) >= 11 is 0. The van der Waals surface area contributed by atoms with Gasteiger partial charge in [0.2, 0.25) is 0 Å². The minimum absolute atomic E-state index is 0.0569. The van der Waals surface area contributed by atoms with Crippen LogP contribution in [-0.2, 0) is 28.9 Å². The molecule has 1 N–H and O–H groups in total. The van der Waals surface area contributed by atoms with E-state index in [0.29, 0.717) is 11.5 Å². The Hall–Kier alpha value is -2.47. The lowest BCUT2D eigenvalue weighted by molar-refractivity contribution is -0.108. The Labute approximate surface area is 154 Å². The largest absolute Gasteiger partial charge is 0.388 e. The van der Waals surface area contributed by atoms with Crippen LogP contribution < -0.4 is 10.9 Å². The fourth-order valence-electron chi connectivity index (χ4n) is 3.12. The molecule has 6 nitrogen and oxygen atoms in total. The van der Waals surface area contributed by atoms with Gasteiger partial charge in [0.15, 0.2) is 0 Å². The van der Waals surface area contributed by atoms with Gasteiger partial charge in [-0.2, -0.15) is 0 Å². The van der Waals surface area contributed by atoms with Gasteiger partial charge in [-0.1, -0.05) is 30.3 Å². The van der Waals surface area contributed by atoms with Gasteiger partial charge < -0.3 is 14.8 Å². The third-order valence-electron chi connectivity index (χ3n) is 4.39. The molecule has 0 saturated carbocycles. The summed E-state index contributed by atoms with van der Waals surface area (Å²) in [5.41, 5.74) is 2.57. The standard InChI is InChI=1S/C18H21N3O2.C2H6O/c1-13-19-16-10-9-15(8-7-14-5-3-2-4-6-14)20-17(16)18(23)21(13)11-12-22;1-3-2/h2-6,12,15,20H,7-11H2,1H3;1-2H3. The van der Waals surface area contributed by atoms with Crippen molar-refractivity contribution in [3.63, 3.8) is 0 Å². The molecule has 0 saturated heterocycles. The smallest absolute Gasteiger partial charge is 0.277 e. The molecule has 1 atom stereocenters. The highest BCUT2D eigenvalue weighted by Gasteiger charge is 2.23. The number of carbonyl (C=O) groups is 1. The molecule has 0 fully saturated rings. The van der Waals surface area contributed by atoms with Crippen molar-refractivity contribution in [1.82, 2.24) is 9.55 Å². The molecule has 2 heterocycles. The van der Waals surface area contributed by atoms with Crippen molar-refractivity contribution in [2.45, 2.75) is 45.2 Å².